The van der Waals surface area contributed by atoms with E-state index in [-0.39, 0.29) is 0 Å². The van der Waals surface area contributed by atoms with Crippen molar-refractivity contribution in [1.29, 1.82) is 0 Å². The van der Waals surface area contributed by atoms with Crippen LogP contribution in [0.25, 0.3) is 11.4 Å². The Morgan fingerprint density at radius 1 is 1.50 bits per heavy atom. The molecule has 0 fully saturated rings. The van der Waals surface area contributed by atoms with Crippen LogP contribution in [0.2, 0.25) is 0 Å². The van der Waals surface area contributed by atoms with Crippen LogP contribution in [-0.2, 0) is 0 Å². The van der Waals surface area contributed by atoms with Crippen LogP contribution in [-0.4, -0.2) is 16.6 Å². The number of rotatable bonds is 3. The molecule has 2 aromatic heterocycles. The quantitative estimate of drug-likeness (QED) is 0.887. The summed E-state index contributed by atoms with van der Waals surface area (Å²) in [6.45, 7) is 4.58. The van der Waals surface area contributed by atoms with Crippen molar-refractivity contribution in [3.8, 4) is 17.1 Å². The van der Waals surface area contributed by atoms with Gasteiger partial charge in [-0.15, -0.1) is 11.3 Å². The minimum atomic E-state index is 0.560. The van der Waals surface area contributed by atoms with Crippen LogP contribution in [0.5, 0.6) is 5.75 Å². The van der Waals surface area contributed by atoms with Crippen molar-refractivity contribution >= 4 is 16.5 Å². The molecule has 2 heterocycles. The highest BCUT2D eigenvalue weighted by atomic mass is 32.1. The highest BCUT2D eigenvalue weighted by Crippen LogP contribution is 2.26. The van der Waals surface area contributed by atoms with E-state index in [9.17, 15) is 0 Å². The van der Waals surface area contributed by atoms with Crippen LogP contribution in [0.1, 0.15) is 12.5 Å². The smallest absolute Gasteiger partial charge is 0.180 e. The summed E-state index contributed by atoms with van der Waals surface area (Å²) in [5.74, 6) is 0.784. The normalized spacial score (nSPS) is 10.4. The Kier molecular flexibility index (Phi) is 3.05. The van der Waals surface area contributed by atoms with E-state index < -0.39 is 0 Å². The topological polar surface area (TPSA) is 61.0 Å². The highest BCUT2D eigenvalue weighted by molar-refractivity contribution is 7.13. The Hall–Kier alpha value is -1.62. The lowest BCUT2D eigenvalue weighted by Crippen LogP contribution is -1.95. The third-order valence-electron chi connectivity index (χ3n) is 2.13. The summed E-state index contributed by atoms with van der Waals surface area (Å²) in [5.41, 5.74) is 8.32. The minimum absolute atomic E-state index is 0.560. The van der Waals surface area contributed by atoms with Gasteiger partial charge in [0.2, 0.25) is 0 Å². The van der Waals surface area contributed by atoms with Crippen molar-refractivity contribution in [2.45, 2.75) is 13.8 Å². The van der Waals surface area contributed by atoms with Gasteiger partial charge in [0, 0.05) is 5.38 Å². The molecule has 4 nitrogen and oxygen atoms in total. The van der Waals surface area contributed by atoms with Gasteiger partial charge in [-0.1, -0.05) is 0 Å². The molecule has 0 aliphatic heterocycles. The van der Waals surface area contributed by atoms with Crippen LogP contribution in [0.15, 0.2) is 17.6 Å². The van der Waals surface area contributed by atoms with E-state index in [1.54, 1.807) is 6.20 Å². The molecule has 2 rings (SSSR count). The first kappa shape index (κ1) is 10.9. The van der Waals surface area contributed by atoms with Gasteiger partial charge >= 0.3 is 0 Å². The summed E-state index contributed by atoms with van der Waals surface area (Å²) in [6.07, 6.45) is 1.71. The first-order valence-corrected chi connectivity index (χ1v) is 5.89. The number of nitrogens with two attached hydrogens (primary N) is 1. The summed E-state index contributed by atoms with van der Waals surface area (Å²) < 4.78 is 5.38. The largest absolute Gasteiger partial charge is 0.492 e. The monoisotopic (exact) mass is 235 g/mol. The predicted octanol–water partition coefficient (Wildman–Crippen LogP) is 2.49. The maximum atomic E-state index is 5.60. The second-order valence-electron chi connectivity index (χ2n) is 3.34. The van der Waals surface area contributed by atoms with Crippen LogP contribution >= 0.6 is 11.3 Å². The highest BCUT2D eigenvalue weighted by Gasteiger charge is 2.08. The molecule has 84 valence electrons. The molecule has 0 aromatic carbocycles. The lowest BCUT2D eigenvalue weighted by molar-refractivity contribution is 0.338. The van der Waals surface area contributed by atoms with Crippen molar-refractivity contribution < 1.29 is 4.74 Å². The van der Waals surface area contributed by atoms with E-state index in [4.69, 9.17) is 10.5 Å². The zero-order chi connectivity index (χ0) is 11.5. The van der Waals surface area contributed by atoms with E-state index in [1.165, 1.54) is 11.3 Å². The molecule has 0 saturated carbocycles. The van der Waals surface area contributed by atoms with Gasteiger partial charge in [0.25, 0.3) is 0 Å². The fraction of sp³-hybridized carbons (Fsp3) is 0.273. The summed E-state index contributed by atoms with van der Waals surface area (Å²) in [5, 5.41) is 2.47. The molecule has 0 bridgehead atoms. The van der Waals surface area contributed by atoms with Gasteiger partial charge in [0.05, 0.1) is 18.5 Å². The van der Waals surface area contributed by atoms with Crippen molar-refractivity contribution in [1.82, 2.24) is 9.97 Å². The Labute approximate surface area is 98.1 Å². The Bertz CT molecular complexity index is 496. The van der Waals surface area contributed by atoms with Gasteiger partial charge in [0.15, 0.2) is 5.13 Å². The van der Waals surface area contributed by atoms with Gasteiger partial charge in [-0.2, -0.15) is 0 Å². The van der Waals surface area contributed by atoms with Gasteiger partial charge < -0.3 is 10.5 Å². The fourth-order valence-corrected chi connectivity index (χ4v) is 2.01. The number of thiazole rings is 1. The average molecular weight is 235 g/mol. The van der Waals surface area contributed by atoms with Gasteiger partial charge in [-0.05, 0) is 25.5 Å². The standard InChI is InChI=1S/C11H13N3OS/c1-3-15-8-4-7(2)10(13-5-8)9-6-16-11(12)14-9/h4-6H,3H2,1-2H3,(H2,12,14). The van der Waals surface area contributed by atoms with E-state index >= 15 is 0 Å². The SMILES string of the molecule is CCOc1cnc(-c2csc(N)n2)c(C)c1. The minimum Gasteiger partial charge on any atom is -0.492 e. The molecule has 0 saturated heterocycles. The zero-order valence-corrected chi connectivity index (χ0v) is 10.0. The van der Waals surface area contributed by atoms with Gasteiger partial charge in [-0.3, -0.25) is 4.98 Å². The van der Waals surface area contributed by atoms with Crippen molar-refractivity contribution in [3.05, 3.63) is 23.2 Å². The molecule has 5 heteroatoms. The van der Waals surface area contributed by atoms with Crippen LogP contribution in [0.4, 0.5) is 5.13 Å². The molecule has 2 aromatic rings. The summed E-state index contributed by atoms with van der Waals surface area (Å²) in [4.78, 5) is 8.55. The van der Waals surface area contributed by atoms with Crippen molar-refractivity contribution in [2.75, 3.05) is 12.3 Å². The average Bonchev–Trinajstić information content (AvgIpc) is 2.65. The zero-order valence-electron chi connectivity index (χ0n) is 9.23. The third-order valence-corrected chi connectivity index (χ3v) is 2.80. The van der Waals surface area contributed by atoms with E-state index in [0.717, 1.165) is 22.7 Å². The second-order valence-corrected chi connectivity index (χ2v) is 4.23. The number of nitrogens with zero attached hydrogens (tertiary/aromatic N) is 2. The number of anilines is 1. The summed E-state index contributed by atoms with van der Waals surface area (Å²) >= 11 is 1.42. The summed E-state index contributed by atoms with van der Waals surface area (Å²) in [7, 11) is 0. The van der Waals surface area contributed by atoms with Crippen molar-refractivity contribution in [3.63, 3.8) is 0 Å². The van der Waals surface area contributed by atoms with E-state index in [2.05, 4.69) is 9.97 Å². The van der Waals surface area contributed by atoms with E-state index in [0.29, 0.717) is 11.7 Å². The number of hydrogen-bond acceptors (Lipinski definition) is 5. The first-order chi connectivity index (χ1) is 7.70. The Balaban J connectivity index is 2.36. The predicted molar refractivity (Wildman–Crippen MR) is 65.7 cm³/mol. The number of ether oxygens (including phenoxy) is 1. The van der Waals surface area contributed by atoms with E-state index in [1.807, 2.05) is 25.3 Å². The number of aryl methyl sites for hydroxylation is 1. The van der Waals surface area contributed by atoms with Crippen LogP contribution in [0, 0.1) is 6.92 Å². The molecular weight excluding hydrogens is 222 g/mol. The summed E-state index contributed by atoms with van der Waals surface area (Å²) in [6, 6.07) is 1.96. The lowest BCUT2D eigenvalue weighted by atomic mass is 10.2. The molecule has 2 N–H and O–H groups in total. The molecule has 0 radical (unpaired) electrons. The van der Waals surface area contributed by atoms with Crippen LogP contribution < -0.4 is 10.5 Å². The second kappa shape index (κ2) is 4.49. The maximum Gasteiger partial charge on any atom is 0.180 e. The molecule has 0 amide bonds. The Morgan fingerprint density at radius 2 is 2.31 bits per heavy atom. The molecule has 0 atom stereocenters. The number of hydrogen-bond donors (Lipinski definition) is 1. The molecule has 0 spiro atoms. The molecule has 0 aliphatic carbocycles. The molecule has 16 heavy (non-hydrogen) atoms. The maximum absolute atomic E-state index is 5.60. The molecular formula is C11H13N3OS. The lowest BCUT2D eigenvalue weighted by Gasteiger charge is -2.06. The first-order valence-electron chi connectivity index (χ1n) is 5.01. The van der Waals surface area contributed by atoms with Gasteiger partial charge in [-0.25, -0.2) is 4.98 Å². The van der Waals surface area contributed by atoms with Crippen LogP contribution in [0.3, 0.4) is 0 Å². The third kappa shape index (κ3) is 2.14. The number of aromatic nitrogens is 2. The molecule has 0 unspecified atom stereocenters. The fourth-order valence-electron chi connectivity index (χ4n) is 1.46. The van der Waals surface area contributed by atoms with Gasteiger partial charge in [0.1, 0.15) is 11.4 Å². The van der Waals surface area contributed by atoms with Crippen molar-refractivity contribution in [2.24, 2.45) is 0 Å². The number of pyridine rings is 1. The number of nitrogen functional groups attached to an aromatic ring is 1. The molecule has 0 aliphatic rings. The Morgan fingerprint density at radius 3 is 2.88 bits per heavy atom.